The van der Waals surface area contributed by atoms with Crippen LogP contribution in [-0.4, -0.2) is 62.3 Å². The average Bonchev–Trinajstić information content (AvgIpc) is 2.63. The lowest BCUT2D eigenvalue weighted by Gasteiger charge is -2.43. The van der Waals surface area contributed by atoms with E-state index in [1.807, 2.05) is 7.11 Å². The van der Waals surface area contributed by atoms with Crippen LogP contribution in [0.3, 0.4) is 0 Å². The molecule has 4 heteroatoms. The van der Waals surface area contributed by atoms with E-state index in [0.29, 0.717) is 12.1 Å². The smallest absolute Gasteiger partial charge is 0.118 e. The van der Waals surface area contributed by atoms with E-state index in [4.69, 9.17) is 9.47 Å². The number of piperazine rings is 1. The topological polar surface area (TPSA) is 24.9 Å². The summed E-state index contributed by atoms with van der Waals surface area (Å²) in [4.78, 5) is 5.22. The van der Waals surface area contributed by atoms with Crippen LogP contribution in [0, 0.1) is 0 Å². The molecule has 4 nitrogen and oxygen atoms in total. The molecule has 0 aromatic heterocycles. The van der Waals surface area contributed by atoms with Crippen molar-refractivity contribution < 1.29 is 9.47 Å². The van der Waals surface area contributed by atoms with Crippen molar-refractivity contribution in [1.82, 2.24) is 9.80 Å². The molecule has 2 atom stereocenters. The molecule has 1 saturated heterocycles. The van der Waals surface area contributed by atoms with Crippen LogP contribution < -0.4 is 4.74 Å². The third-order valence-electron chi connectivity index (χ3n) is 5.41. The monoisotopic (exact) mass is 318 g/mol. The molecule has 3 rings (SSSR count). The highest BCUT2D eigenvalue weighted by atomic mass is 16.5. The lowest BCUT2D eigenvalue weighted by atomic mass is 9.90. The molecule has 1 aromatic rings. The summed E-state index contributed by atoms with van der Waals surface area (Å²) in [6, 6.07) is 9.09. The first kappa shape index (κ1) is 16.7. The molecule has 0 amide bonds. The zero-order valence-electron chi connectivity index (χ0n) is 14.5. The number of benzene rings is 1. The van der Waals surface area contributed by atoms with Crippen LogP contribution in [0.25, 0.3) is 0 Å². The van der Waals surface area contributed by atoms with Crippen LogP contribution in [0.2, 0.25) is 0 Å². The predicted molar refractivity (Wildman–Crippen MR) is 92.9 cm³/mol. The highest BCUT2D eigenvalue weighted by Gasteiger charge is 2.31. The highest BCUT2D eigenvalue weighted by Crippen LogP contribution is 2.26. The van der Waals surface area contributed by atoms with Gasteiger partial charge in [-0.1, -0.05) is 25.0 Å². The van der Waals surface area contributed by atoms with Crippen LogP contribution in [-0.2, 0) is 11.3 Å². The van der Waals surface area contributed by atoms with E-state index in [9.17, 15) is 0 Å². The second-order valence-electron chi connectivity index (χ2n) is 6.79. The van der Waals surface area contributed by atoms with Crippen molar-refractivity contribution in [2.75, 3.05) is 40.4 Å². The van der Waals surface area contributed by atoms with Gasteiger partial charge in [-0.2, -0.15) is 0 Å². The van der Waals surface area contributed by atoms with Crippen molar-refractivity contribution in [3.05, 3.63) is 29.8 Å². The minimum atomic E-state index is 0.442. The number of hydrogen-bond donors (Lipinski definition) is 0. The van der Waals surface area contributed by atoms with Crippen LogP contribution in [0.1, 0.15) is 31.2 Å². The normalized spacial score (nSPS) is 27.0. The first-order chi connectivity index (χ1) is 11.3. The molecule has 1 saturated carbocycles. The summed E-state index contributed by atoms with van der Waals surface area (Å²) in [6.07, 6.45) is 5.66. The molecule has 0 N–H and O–H groups in total. The molecule has 2 fully saturated rings. The number of rotatable bonds is 5. The fourth-order valence-corrected chi connectivity index (χ4v) is 4.01. The van der Waals surface area contributed by atoms with E-state index >= 15 is 0 Å². The summed E-state index contributed by atoms with van der Waals surface area (Å²) >= 11 is 0. The van der Waals surface area contributed by atoms with E-state index in [1.165, 1.54) is 44.3 Å². The van der Waals surface area contributed by atoms with E-state index in [1.54, 1.807) is 7.11 Å². The van der Waals surface area contributed by atoms with Gasteiger partial charge in [-0.15, -0.1) is 0 Å². The molecular formula is C19H30N2O2. The molecule has 1 aliphatic carbocycles. The quantitative estimate of drug-likeness (QED) is 0.833. The van der Waals surface area contributed by atoms with E-state index < -0.39 is 0 Å². The lowest BCUT2D eigenvalue weighted by Crippen LogP contribution is -2.54. The van der Waals surface area contributed by atoms with Crippen molar-refractivity contribution in [3.63, 3.8) is 0 Å². The van der Waals surface area contributed by atoms with Crippen molar-refractivity contribution in [2.45, 2.75) is 44.4 Å². The Morgan fingerprint density at radius 3 is 2.30 bits per heavy atom. The Labute approximate surface area is 140 Å². The maximum atomic E-state index is 5.73. The molecule has 2 aliphatic rings. The molecule has 1 heterocycles. The molecule has 23 heavy (non-hydrogen) atoms. The Kier molecular flexibility index (Phi) is 5.92. The van der Waals surface area contributed by atoms with E-state index in [-0.39, 0.29) is 0 Å². The Bertz CT molecular complexity index is 469. The van der Waals surface area contributed by atoms with Gasteiger partial charge < -0.3 is 9.47 Å². The Morgan fingerprint density at radius 1 is 0.957 bits per heavy atom. The lowest BCUT2D eigenvalue weighted by molar-refractivity contribution is -0.0279. The largest absolute Gasteiger partial charge is 0.497 e. The predicted octanol–water partition coefficient (Wildman–Crippen LogP) is 2.77. The van der Waals surface area contributed by atoms with Gasteiger partial charge in [0.25, 0.3) is 0 Å². The van der Waals surface area contributed by atoms with Crippen molar-refractivity contribution in [3.8, 4) is 5.75 Å². The highest BCUT2D eigenvalue weighted by molar-refractivity contribution is 5.27. The second-order valence-corrected chi connectivity index (χ2v) is 6.79. The summed E-state index contributed by atoms with van der Waals surface area (Å²) in [5.74, 6) is 0.932. The van der Waals surface area contributed by atoms with Crippen LogP contribution in [0.4, 0.5) is 0 Å². The van der Waals surface area contributed by atoms with Crippen LogP contribution >= 0.6 is 0 Å². The third-order valence-corrected chi connectivity index (χ3v) is 5.41. The molecule has 2 unspecified atom stereocenters. The molecule has 0 radical (unpaired) electrons. The summed E-state index contributed by atoms with van der Waals surface area (Å²) in [5, 5.41) is 0. The SMILES string of the molecule is COc1ccc(CN2CCN(C3CCCCC3OC)CC2)cc1. The Balaban J connectivity index is 1.49. The van der Waals surface area contributed by atoms with Gasteiger partial charge in [0.15, 0.2) is 0 Å². The molecule has 0 bridgehead atoms. The van der Waals surface area contributed by atoms with Gasteiger partial charge in [0.1, 0.15) is 5.75 Å². The summed E-state index contributed by atoms with van der Waals surface area (Å²) < 4.78 is 11.0. The van der Waals surface area contributed by atoms with Crippen molar-refractivity contribution >= 4 is 0 Å². The number of methoxy groups -OCH3 is 2. The summed E-state index contributed by atoms with van der Waals surface area (Å²) in [6.45, 7) is 5.68. The standard InChI is InChI=1S/C19H30N2O2/c1-22-17-9-7-16(8-10-17)15-20-11-13-21(14-12-20)18-5-3-4-6-19(18)23-2/h7-10,18-19H,3-6,11-15H2,1-2H3. The third kappa shape index (κ3) is 4.25. The van der Waals surface area contributed by atoms with Gasteiger partial charge in [-0.3, -0.25) is 9.80 Å². The van der Waals surface area contributed by atoms with Gasteiger partial charge in [-0.25, -0.2) is 0 Å². The fourth-order valence-electron chi connectivity index (χ4n) is 4.01. The number of nitrogens with zero attached hydrogens (tertiary/aromatic N) is 2. The maximum absolute atomic E-state index is 5.73. The van der Waals surface area contributed by atoms with Gasteiger partial charge in [-0.05, 0) is 30.5 Å². The number of ether oxygens (including phenoxy) is 2. The summed E-state index contributed by atoms with van der Waals surface area (Å²) in [7, 11) is 3.59. The molecule has 128 valence electrons. The van der Waals surface area contributed by atoms with E-state index in [2.05, 4.69) is 34.1 Å². The zero-order valence-corrected chi connectivity index (χ0v) is 14.5. The summed E-state index contributed by atoms with van der Waals surface area (Å²) in [5.41, 5.74) is 1.37. The second kappa shape index (κ2) is 8.13. The van der Waals surface area contributed by atoms with Gasteiger partial charge in [0, 0.05) is 45.9 Å². The Hall–Kier alpha value is -1.10. The maximum Gasteiger partial charge on any atom is 0.118 e. The van der Waals surface area contributed by atoms with Crippen molar-refractivity contribution in [1.29, 1.82) is 0 Å². The molecule has 1 aliphatic heterocycles. The van der Waals surface area contributed by atoms with Gasteiger partial charge >= 0.3 is 0 Å². The van der Waals surface area contributed by atoms with Gasteiger partial charge in [0.2, 0.25) is 0 Å². The van der Waals surface area contributed by atoms with E-state index in [0.717, 1.165) is 25.4 Å². The average molecular weight is 318 g/mol. The molecular weight excluding hydrogens is 288 g/mol. The van der Waals surface area contributed by atoms with Crippen LogP contribution in [0.5, 0.6) is 5.75 Å². The zero-order chi connectivity index (χ0) is 16.1. The Morgan fingerprint density at radius 2 is 1.65 bits per heavy atom. The molecule has 0 spiro atoms. The first-order valence-corrected chi connectivity index (χ1v) is 8.92. The molecule has 1 aromatic carbocycles. The number of hydrogen-bond acceptors (Lipinski definition) is 4. The van der Waals surface area contributed by atoms with Crippen molar-refractivity contribution in [2.24, 2.45) is 0 Å². The minimum absolute atomic E-state index is 0.442. The first-order valence-electron chi connectivity index (χ1n) is 8.92. The van der Waals surface area contributed by atoms with Gasteiger partial charge in [0.05, 0.1) is 13.2 Å². The fraction of sp³-hybridized carbons (Fsp3) is 0.684. The van der Waals surface area contributed by atoms with Crippen LogP contribution in [0.15, 0.2) is 24.3 Å². The minimum Gasteiger partial charge on any atom is -0.497 e.